The molecule has 1 N–H and O–H groups in total. The summed E-state index contributed by atoms with van der Waals surface area (Å²) in [5.41, 5.74) is -2.22. The van der Waals surface area contributed by atoms with E-state index in [0.29, 0.717) is 13.1 Å². The number of amides is 3. The first kappa shape index (κ1) is 22.6. The smallest absolute Gasteiger partial charge is 0.249 e. The van der Waals surface area contributed by atoms with Crippen LogP contribution in [-0.4, -0.2) is 93.6 Å². The fourth-order valence-electron chi connectivity index (χ4n) is 6.88. The third-order valence-electron chi connectivity index (χ3n) is 8.48. The van der Waals surface area contributed by atoms with Gasteiger partial charge in [0.05, 0.1) is 30.1 Å². The van der Waals surface area contributed by atoms with E-state index >= 15 is 0 Å². The first-order chi connectivity index (χ1) is 15.7. The van der Waals surface area contributed by atoms with Crippen LogP contribution in [0.25, 0.3) is 0 Å². The van der Waals surface area contributed by atoms with Crippen LogP contribution in [0.3, 0.4) is 0 Å². The maximum atomic E-state index is 14.2. The summed E-state index contributed by atoms with van der Waals surface area (Å²) in [4.78, 5) is 46.7. The molecule has 1 unspecified atom stereocenters. The van der Waals surface area contributed by atoms with Crippen LogP contribution in [-0.2, 0) is 19.1 Å². The number of aliphatic hydroxyl groups is 1. The summed E-state index contributed by atoms with van der Waals surface area (Å²) >= 11 is 0. The van der Waals surface area contributed by atoms with Gasteiger partial charge in [-0.2, -0.15) is 0 Å². The molecule has 6 atom stereocenters. The van der Waals surface area contributed by atoms with Gasteiger partial charge >= 0.3 is 0 Å². The molecule has 0 aromatic heterocycles. The Bertz CT molecular complexity index is 912. The average molecular weight is 458 g/mol. The highest BCUT2D eigenvalue weighted by molar-refractivity contribution is 6.00. The zero-order valence-electron chi connectivity index (χ0n) is 19.8. The quantitative estimate of drug-likeness (QED) is 0.641. The molecule has 8 nitrogen and oxygen atoms in total. The van der Waals surface area contributed by atoms with E-state index in [9.17, 15) is 19.5 Å². The van der Waals surface area contributed by atoms with Crippen molar-refractivity contribution in [2.75, 3.05) is 26.7 Å². The number of nitrogens with zero attached hydrogens (tertiary/aromatic N) is 3. The van der Waals surface area contributed by atoms with Gasteiger partial charge in [-0.1, -0.05) is 43.6 Å². The summed E-state index contributed by atoms with van der Waals surface area (Å²) in [5.74, 6) is -2.11. The Labute approximate surface area is 195 Å². The van der Waals surface area contributed by atoms with Crippen molar-refractivity contribution in [2.45, 2.75) is 75.3 Å². The van der Waals surface area contributed by atoms with E-state index in [0.717, 1.165) is 25.7 Å². The normalized spacial score (nSPS) is 39.9. The largest absolute Gasteiger partial charge is 0.394 e. The number of rotatable bonds is 3. The van der Waals surface area contributed by atoms with E-state index in [1.165, 1.54) is 11.3 Å². The highest BCUT2D eigenvalue weighted by Crippen LogP contribution is 2.57. The van der Waals surface area contributed by atoms with E-state index in [4.69, 9.17) is 4.74 Å². The lowest BCUT2D eigenvalue weighted by atomic mass is 9.74. The van der Waals surface area contributed by atoms with Crippen molar-refractivity contribution >= 4 is 17.7 Å². The lowest BCUT2D eigenvalue weighted by Crippen LogP contribution is -2.59. The van der Waals surface area contributed by atoms with Gasteiger partial charge in [-0.3, -0.25) is 14.4 Å². The molecule has 0 aromatic carbocycles. The second-order valence-electron chi connectivity index (χ2n) is 10.6. The van der Waals surface area contributed by atoms with Crippen LogP contribution in [0.4, 0.5) is 0 Å². The number of likely N-dealkylation sites (tertiary alicyclic amines) is 1. The molecule has 8 heteroatoms. The van der Waals surface area contributed by atoms with Crippen LogP contribution in [0.15, 0.2) is 24.3 Å². The second kappa shape index (κ2) is 7.94. The third kappa shape index (κ3) is 3.13. The summed E-state index contributed by atoms with van der Waals surface area (Å²) in [7, 11) is 1.73. The summed E-state index contributed by atoms with van der Waals surface area (Å²) < 4.78 is 6.74. The molecule has 1 saturated carbocycles. The SMILES string of the molecule is C[C@H](CO)N1C(=O)[C@@H]2[C@@H]3C(=O)N(C)CC=C[C@]3(C)O[C@@]23C=CCN(C2CCCCC2)C(=O)C13. The number of hydrogen-bond donors (Lipinski definition) is 1. The van der Waals surface area contributed by atoms with E-state index in [2.05, 4.69) is 0 Å². The Morgan fingerprint density at radius 2 is 1.73 bits per heavy atom. The van der Waals surface area contributed by atoms with Crippen molar-refractivity contribution in [1.29, 1.82) is 0 Å². The van der Waals surface area contributed by atoms with Crippen molar-refractivity contribution < 1.29 is 24.2 Å². The van der Waals surface area contributed by atoms with Gasteiger partial charge in [0.1, 0.15) is 11.6 Å². The molecule has 33 heavy (non-hydrogen) atoms. The number of carbonyl (C=O) groups is 3. The summed E-state index contributed by atoms with van der Waals surface area (Å²) in [6.07, 6.45) is 12.9. The minimum atomic E-state index is -1.24. The van der Waals surface area contributed by atoms with E-state index in [1.807, 2.05) is 36.1 Å². The van der Waals surface area contributed by atoms with E-state index in [-0.39, 0.29) is 30.4 Å². The Morgan fingerprint density at radius 1 is 1.03 bits per heavy atom. The van der Waals surface area contributed by atoms with Gasteiger partial charge in [-0.05, 0) is 26.7 Å². The predicted molar refractivity (Wildman–Crippen MR) is 121 cm³/mol. The number of fused-ring (bicyclic) bond motifs is 2. The first-order valence-corrected chi connectivity index (χ1v) is 12.3. The van der Waals surface area contributed by atoms with Crippen LogP contribution in [0.5, 0.6) is 0 Å². The molecule has 180 valence electrons. The summed E-state index contributed by atoms with van der Waals surface area (Å²) in [5, 5.41) is 9.99. The summed E-state index contributed by atoms with van der Waals surface area (Å²) in [6, 6.07) is -1.31. The lowest BCUT2D eigenvalue weighted by molar-refractivity contribution is -0.156. The monoisotopic (exact) mass is 457 g/mol. The van der Waals surface area contributed by atoms with Crippen molar-refractivity contribution in [2.24, 2.45) is 11.8 Å². The van der Waals surface area contributed by atoms with E-state index in [1.54, 1.807) is 18.9 Å². The zero-order chi connectivity index (χ0) is 23.5. The average Bonchev–Trinajstić information content (AvgIpc) is 3.09. The Kier molecular flexibility index (Phi) is 5.44. The zero-order valence-corrected chi connectivity index (χ0v) is 19.8. The van der Waals surface area contributed by atoms with Crippen LogP contribution in [0.1, 0.15) is 46.0 Å². The predicted octanol–water partition coefficient (Wildman–Crippen LogP) is 1.10. The lowest BCUT2D eigenvalue weighted by Gasteiger charge is -2.41. The van der Waals surface area contributed by atoms with Crippen molar-refractivity contribution in [3.63, 3.8) is 0 Å². The standard InChI is InChI=1S/C25H35N3O5/c1-16(15-29)28-20-23(32)27(17-9-5-4-6-10-17)14-8-12-25(20)19(22(28)31)18-21(30)26(3)13-7-11-24(18,2)33-25/h7-8,11-12,16-20,29H,4-6,9-10,13-15H2,1-3H3/t16-,18-,19+,20?,24+,25+/m1/s1. The molecule has 0 bridgehead atoms. The number of hydrogen-bond acceptors (Lipinski definition) is 5. The van der Waals surface area contributed by atoms with Gasteiger partial charge in [0, 0.05) is 26.2 Å². The Morgan fingerprint density at radius 3 is 2.42 bits per heavy atom. The van der Waals surface area contributed by atoms with Crippen LogP contribution in [0.2, 0.25) is 0 Å². The minimum Gasteiger partial charge on any atom is -0.394 e. The van der Waals surface area contributed by atoms with Gasteiger partial charge in [0.15, 0.2) is 0 Å². The first-order valence-electron chi connectivity index (χ1n) is 12.3. The highest BCUT2D eigenvalue weighted by Gasteiger charge is 2.75. The van der Waals surface area contributed by atoms with E-state index < -0.39 is 35.1 Å². The topological polar surface area (TPSA) is 90.4 Å². The number of carbonyl (C=O) groups excluding carboxylic acids is 3. The number of aliphatic hydroxyl groups excluding tert-OH is 1. The fraction of sp³-hybridized carbons (Fsp3) is 0.720. The maximum absolute atomic E-state index is 14.2. The van der Waals surface area contributed by atoms with Crippen LogP contribution < -0.4 is 0 Å². The molecular weight excluding hydrogens is 422 g/mol. The molecule has 4 heterocycles. The fourth-order valence-corrected chi connectivity index (χ4v) is 6.88. The van der Waals surface area contributed by atoms with Crippen LogP contribution >= 0.6 is 0 Å². The molecule has 0 aromatic rings. The molecule has 0 radical (unpaired) electrons. The van der Waals surface area contributed by atoms with Gasteiger partial charge in [0.25, 0.3) is 0 Å². The van der Waals surface area contributed by atoms with Gasteiger partial charge in [-0.25, -0.2) is 0 Å². The molecule has 2 saturated heterocycles. The molecular formula is C25H35N3O5. The van der Waals surface area contributed by atoms with Crippen molar-refractivity contribution in [3.8, 4) is 0 Å². The van der Waals surface area contributed by atoms with Gasteiger partial charge < -0.3 is 24.5 Å². The molecule has 4 aliphatic heterocycles. The molecule has 3 amide bonds. The minimum absolute atomic E-state index is 0.132. The Hall–Kier alpha value is -2.19. The maximum Gasteiger partial charge on any atom is 0.249 e. The second-order valence-corrected chi connectivity index (χ2v) is 10.6. The number of likely N-dealkylation sites (N-methyl/N-ethyl adjacent to an activating group) is 1. The molecule has 1 aliphatic carbocycles. The molecule has 5 aliphatic rings. The molecule has 5 rings (SSSR count). The molecule has 3 fully saturated rings. The Balaban J connectivity index is 1.63. The van der Waals surface area contributed by atoms with Gasteiger partial charge in [-0.15, -0.1) is 0 Å². The molecule has 1 spiro atoms. The van der Waals surface area contributed by atoms with Crippen LogP contribution in [0, 0.1) is 11.8 Å². The van der Waals surface area contributed by atoms with Crippen molar-refractivity contribution in [1.82, 2.24) is 14.7 Å². The highest BCUT2D eigenvalue weighted by atomic mass is 16.5. The van der Waals surface area contributed by atoms with Gasteiger partial charge in [0.2, 0.25) is 17.7 Å². The number of ether oxygens (including phenoxy) is 1. The van der Waals surface area contributed by atoms with Crippen molar-refractivity contribution in [3.05, 3.63) is 24.3 Å². The summed E-state index contributed by atoms with van der Waals surface area (Å²) in [6.45, 7) is 4.26. The third-order valence-corrected chi connectivity index (χ3v) is 8.48.